The van der Waals surface area contributed by atoms with Crippen LogP contribution in [0.1, 0.15) is 54.9 Å². The lowest BCUT2D eigenvalue weighted by atomic mass is 10.1. The number of rotatable bonds is 7. The number of imide groups is 1. The molecule has 0 heterocycles. The molecule has 6 nitrogen and oxygen atoms in total. The lowest BCUT2D eigenvalue weighted by Gasteiger charge is -2.24. The molecule has 26 heavy (non-hydrogen) atoms. The van der Waals surface area contributed by atoms with Crippen molar-refractivity contribution in [2.45, 2.75) is 60.5 Å². The fraction of sp³-hybridized carbons (Fsp3) is 0.600. The minimum Gasteiger partial charge on any atom is -0.493 e. The second-order valence-corrected chi connectivity index (χ2v) is 7.03. The van der Waals surface area contributed by atoms with E-state index in [2.05, 4.69) is 6.92 Å². The van der Waals surface area contributed by atoms with Crippen molar-refractivity contribution < 1.29 is 19.1 Å². The summed E-state index contributed by atoms with van der Waals surface area (Å²) in [7, 11) is 1.39. The van der Waals surface area contributed by atoms with Gasteiger partial charge >= 0.3 is 6.09 Å². The summed E-state index contributed by atoms with van der Waals surface area (Å²) in [6.07, 6.45) is 3.93. The summed E-state index contributed by atoms with van der Waals surface area (Å²) in [4.78, 5) is 25.7. The van der Waals surface area contributed by atoms with Gasteiger partial charge in [-0.1, -0.05) is 18.6 Å². The van der Waals surface area contributed by atoms with Gasteiger partial charge in [0.15, 0.2) is 0 Å². The van der Waals surface area contributed by atoms with Gasteiger partial charge in [0.2, 0.25) is 0 Å². The molecule has 0 aromatic rings. The summed E-state index contributed by atoms with van der Waals surface area (Å²) in [6.45, 7) is 13.5. The summed E-state index contributed by atoms with van der Waals surface area (Å²) in [5.41, 5.74) is 7.47. The minimum atomic E-state index is -0.706. The van der Waals surface area contributed by atoms with Gasteiger partial charge in [-0.15, -0.1) is 0 Å². The van der Waals surface area contributed by atoms with Gasteiger partial charge in [-0.2, -0.15) is 0 Å². The van der Waals surface area contributed by atoms with Gasteiger partial charge < -0.3 is 15.2 Å². The fourth-order valence-corrected chi connectivity index (χ4v) is 1.93. The van der Waals surface area contributed by atoms with Crippen molar-refractivity contribution in [2.75, 3.05) is 20.2 Å². The van der Waals surface area contributed by atoms with Crippen molar-refractivity contribution in [1.29, 1.82) is 0 Å². The van der Waals surface area contributed by atoms with Gasteiger partial charge in [-0.05, 0) is 59.6 Å². The van der Waals surface area contributed by atoms with Crippen LogP contribution in [0.3, 0.4) is 0 Å². The molecule has 0 saturated heterocycles. The van der Waals surface area contributed by atoms with Gasteiger partial charge in [0.25, 0.3) is 5.91 Å². The summed E-state index contributed by atoms with van der Waals surface area (Å²) < 4.78 is 10.9. The Hall–Kier alpha value is -2.08. The Labute approximate surface area is 157 Å². The first kappa shape index (κ1) is 23.9. The Balaban J connectivity index is 5.74. The molecule has 6 heteroatoms. The monoisotopic (exact) mass is 366 g/mol. The number of nitrogens with two attached hydrogens (primary N) is 1. The smallest absolute Gasteiger partial charge is 0.417 e. The highest BCUT2D eigenvalue weighted by atomic mass is 16.6. The number of hydrogen-bond donors (Lipinski definition) is 1. The highest BCUT2D eigenvalue weighted by Crippen LogP contribution is 2.16. The van der Waals surface area contributed by atoms with Crippen LogP contribution in [0.4, 0.5) is 4.79 Å². The van der Waals surface area contributed by atoms with E-state index in [1.54, 1.807) is 33.8 Å². The van der Waals surface area contributed by atoms with E-state index in [0.29, 0.717) is 24.5 Å². The van der Waals surface area contributed by atoms with Crippen molar-refractivity contribution in [3.05, 3.63) is 34.6 Å². The molecule has 0 aromatic carbocycles. The van der Waals surface area contributed by atoms with Crippen LogP contribution in [0.5, 0.6) is 0 Å². The Morgan fingerprint density at radius 1 is 1.12 bits per heavy atom. The Bertz CT molecular complexity index is 595. The molecular formula is C20H34N2O4. The highest BCUT2D eigenvalue weighted by Gasteiger charge is 2.26. The van der Waals surface area contributed by atoms with Crippen LogP contribution in [-0.4, -0.2) is 42.7 Å². The molecule has 0 bridgehead atoms. The summed E-state index contributed by atoms with van der Waals surface area (Å²) in [5, 5.41) is 0. The highest BCUT2D eigenvalue weighted by molar-refractivity contribution is 6.02. The lowest BCUT2D eigenvalue weighted by Crippen LogP contribution is -2.38. The van der Waals surface area contributed by atoms with Crippen LogP contribution in [0.2, 0.25) is 0 Å². The quantitative estimate of drug-likeness (QED) is 0.419. The predicted octanol–water partition coefficient (Wildman–Crippen LogP) is 3.93. The second kappa shape index (κ2) is 10.8. The summed E-state index contributed by atoms with van der Waals surface area (Å²) in [5.74, 6) is -0.0833. The molecule has 0 rings (SSSR count). The van der Waals surface area contributed by atoms with E-state index < -0.39 is 17.6 Å². The number of ether oxygens (including phenoxy) is 2. The molecule has 0 radical (unpaired) electrons. The third-order valence-electron chi connectivity index (χ3n) is 3.50. The van der Waals surface area contributed by atoms with Gasteiger partial charge in [0, 0.05) is 13.6 Å². The maximum absolute atomic E-state index is 12.6. The Kier molecular flexibility index (Phi) is 9.94. The minimum absolute atomic E-state index is 0.314. The maximum Gasteiger partial charge on any atom is 0.417 e. The molecule has 0 atom stereocenters. The molecule has 0 aliphatic rings. The van der Waals surface area contributed by atoms with Crippen LogP contribution < -0.4 is 5.73 Å². The van der Waals surface area contributed by atoms with Crippen LogP contribution in [0.15, 0.2) is 34.6 Å². The zero-order valence-corrected chi connectivity index (χ0v) is 17.4. The van der Waals surface area contributed by atoms with Crippen LogP contribution in [-0.2, 0) is 14.3 Å². The van der Waals surface area contributed by atoms with Gasteiger partial charge in [0.05, 0.1) is 12.2 Å². The van der Waals surface area contributed by atoms with Gasteiger partial charge in [-0.3, -0.25) is 4.79 Å². The maximum atomic E-state index is 12.6. The van der Waals surface area contributed by atoms with E-state index in [-0.39, 0.29) is 0 Å². The molecule has 2 N–H and O–H groups in total. The van der Waals surface area contributed by atoms with E-state index >= 15 is 0 Å². The molecular weight excluding hydrogens is 332 g/mol. The van der Waals surface area contributed by atoms with Gasteiger partial charge in [-0.25, -0.2) is 9.69 Å². The molecule has 0 fully saturated rings. The van der Waals surface area contributed by atoms with Crippen molar-refractivity contribution >= 4 is 12.0 Å². The van der Waals surface area contributed by atoms with Gasteiger partial charge in [0.1, 0.15) is 11.4 Å². The van der Waals surface area contributed by atoms with Crippen LogP contribution >= 0.6 is 0 Å². The van der Waals surface area contributed by atoms with Crippen LogP contribution in [0.25, 0.3) is 0 Å². The molecule has 0 aliphatic heterocycles. The topological polar surface area (TPSA) is 81.9 Å². The average Bonchev–Trinajstić information content (AvgIpc) is 2.56. The third-order valence-corrected chi connectivity index (χ3v) is 3.50. The number of likely N-dealkylation sites (N-methyl/N-ethyl adjacent to an activating group) is 1. The fourth-order valence-electron chi connectivity index (χ4n) is 1.93. The number of nitrogens with zero attached hydrogens (tertiary/aromatic N) is 1. The normalized spacial score (nSPS) is 13.9. The number of hydrogen-bond acceptors (Lipinski definition) is 5. The Morgan fingerprint density at radius 2 is 1.69 bits per heavy atom. The predicted molar refractivity (Wildman–Crippen MR) is 105 cm³/mol. The van der Waals surface area contributed by atoms with Crippen LogP contribution in [0, 0.1) is 0 Å². The molecule has 0 aliphatic carbocycles. The summed E-state index contributed by atoms with van der Waals surface area (Å²) in [6, 6.07) is 0. The molecule has 0 aromatic heterocycles. The first-order valence-corrected chi connectivity index (χ1v) is 8.89. The number of carbonyl (C=O) groups excluding carboxylic acids is 2. The van der Waals surface area contributed by atoms with E-state index in [9.17, 15) is 9.59 Å². The van der Waals surface area contributed by atoms with E-state index in [1.165, 1.54) is 12.6 Å². The standard InChI is InChI=1S/C20H34N2O4/c1-9-14(3)11-16(13-21)12-17(25-10-2)15(4)18(23)22(8)19(24)26-20(5,6)7/h11-12H,9-10,13,21H2,1-8H3/b14-11+,16-12+,17-15-. The second-order valence-electron chi connectivity index (χ2n) is 7.03. The number of carbonyl (C=O) groups is 2. The average molecular weight is 367 g/mol. The molecule has 0 saturated carbocycles. The largest absolute Gasteiger partial charge is 0.493 e. The van der Waals surface area contributed by atoms with Crippen molar-refractivity contribution in [1.82, 2.24) is 4.90 Å². The molecule has 0 spiro atoms. The first-order chi connectivity index (χ1) is 12.0. The molecule has 0 unspecified atom stereocenters. The summed E-state index contributed by atoms with van der Waals surface area (Å²) >= 11 is 0. The Morgan fingerprint density at radius 3 is 2.12 bits per heavy atom. The third kappa shape index (κ3) is 8.34. The zero-order chi connectivity index (χ0) is 20.5. The van der Waals surface area contributed by atoms with Crippen molar-refractivity contribution in [3.63, 3.8) is 0 Å². The van der Waals surface area contributed by atoms with Crippen molar-refractivity contribution in [3.8, 4) is 0 Å². The van der Waals surface area contributed by atoms with Crippen molar-refractivity contribution in [2.24, 2.45) is 5.73 Å². The lowest BCUT2D eigenvalue weighted by molar-refractivity contribution is -0.125. The van der Waals surface area contributed by atoms with E-state index in [4.69, 9.17) is 15.2 Å². The molecule has 2 amide bonds. The van der Waals surface area contributed by atoms with E-state index in [1.807, 2.05) is 19.9 Å². The SMILES string of the molecule is CCOC(/C=C(\C=C(/C)CC)CN)=C(/C)C(=O)N(C)C(=O)OC(C)(C)C. The molecule has 148 valence electrons. The first-order valence-electron chi connectivity index (χ1n) is 8.89. The number of amides is 2. The number of allylic oxidation sites excluding steroid dienone is 2. The zero-order valence-electron chi connectivity index (χ0n) is 17.4. The van der Waals surface area contributed by atoms with E-state index in [0.717, 1.165) is 16.9 Å².